The summed E-state index contributed by atoms with van der Waals surface area (Å²) in [5, 5.41) is 12.4. The molecule has 3 fully saturated rings. The molecule has 5 nitrogen and oxygen atoms in total. The average molecular weight is 291 g/mol. The number of carboxylic acids is 1. The summed E-state index contributed by atoms with van der Waals surface area (Å²) in [6.07, 6.45) is 1.92. The molecule has 0 spiro atoms. The van der Waals surface area contributed by atoms with Gasteiger partial charge in [0.25, 0.3) is 0 Å². The van der Waals surface area contributed by atoms with Crippen molar-refractivity contribution in [2.24, 2.45) is 11.3 Å². The summed E-state index contributed by atoms with van der Waals surface area (Å²) in [6.45, 7) is 6.72. The van der Waals surface area contributed by atoms with Crippen LogP contribution in [0.5, 0.6) is 0 Å². The first-order chi connectivity index (χ1) is 8.58. The van der Waals surface area contributed by atoms with Gasteiger partial charge in [-0.2, -0.15) is 0 Å². The van der Waals surface area contributed by atoms with Crippen LogP contribution in [-0.2, 0) is 9.53 Å². The van der Waals surface area contributed by atoms with E-state index in [-0.39, 0.29) is 12.4 Å². The van der Waals surface area contributed by atoms with Crippen LogP contribution >= 0.6 is 12.4 Å². The predicted molar refractivity (Wildman–Crippen MR) is 73.7 cm³/mol. The van der Waals surface area contributed by atoms with Crippen molar-refractivity contribution < 1.29 is 14.6 Å². The number of morpholine rings is 1. The second-order valence-corrected chi connectivity index (χ2v) is 6.25. The molecule has 6 heteroatoms. The van der Waals surface area contributed by atoms with Gasteiger partial charge in [0.1, 0.15) is 0 Å². The molecule has 0 aromatic rings. The van der Waals surface area contributed by atoms with E-state index in [0.29, 0.717) is 18.1 Å². The van der Waals surface area contributed by atoms with Crippen molar-refractivity contribution in [2.75, 3.05) is 32.8 Å². The van der Waals surface area contributed by atoms with Crippen LogP contribution in [0.3, 0.4) is 0 Å². The van der Waals surface area contributed by atoms with Crippen LogP contribution < -0.4 is 5.32 Å². The minimum absolute atomic E-state index is 0. The molecule has 1 saturated carbocycles. The van der Waals surface area contributed by atoms with E-state index in [4.69, 9.17) is 9.84 Å². The summed E-state index contributed by atoms with van der Waals surface area (Å²) in [6, 6.07) is 0.450. The summed E-state index contributed by atoms with van der Waals surface area (Å²) < 4.78 is 5.83. The van der Waals surface area contributed by atoms with E-state index in [0.717, 1.165) is 45.6 Å². The molecule has 1 atom stereocenters. The molecule has 0 amide bonds. The maximum absolute atomic E-state index is 11.1. The number of nitrogens with one attached hydrogen (secondary N) is 1. The lowest BCUT2D eigenvalue weighted by Gasteiger charge is -2.51. The van der Waals surface area contributed by atoms with Crippen molar-refractivity contribution in [3.8, 4) is 0 Å². The Hall–Kier alpha value is -0.360. The molecule has 0 radical (unpaired) electrons. The van der Waals surface area contributed by atoms with Gasteiger partial charge in [0.2, 0.25) is 0 Å². The van der Waals surface area contributed by atoms with E-state index in [9.17, 15) is 4.79 Å². The minimum atomic E-state index is -0.647. The van der Waals surface area contributed by atoms with E-state index < -0.39 is 11.4 Å². The molecule has 0 aromatic carbocycles. The maximum atomic E-state index is 11.1. The fourth-order valence-electron chi connectivity index (χ4n) is 3.30. The predicted octanol–water partition coefficient (Wildman–Crippen LogP) is 0.582. The van der Waals surface area contributed by atoms with Crippen molar-refractivity contribution in [1.29, 1.82) is 0 Å². The van der Waals surface area contributed by atoms with Gasteiger partial charge >= 0.3 is 5.97 Å². The molecule has 2 saturated heterocycles. The molecular formula is C13H23ClN2O3. The van der Waals surface area contributed by atoms with Gasteiger partial charge in [0.05, 0.1) is 18.1 Å². The molecule has 2 heterocycles. The molecule has 1 unspecified atom stereocenters. The van der Waals surface area contributed by atoms with Gasteiger partial charge in [-0.15, -0.1) is 12.4 Å². The zero-order valence-electron chi connectivity index (χ0n) is 11.3. The summed E-state index contributed by atoms with van der Waals surface area (Å²) in [5.41, 5.74) is -0.490. The second kappa shape index (κ2) is 5.56. The summed E-state index contributed by atoms with van der Waals surface area (Å²) in [7, 11) is 0. The Balaban J connectivity index is 0.00000133. The van der Waals surface area contributed by atoms with Crippen LogP contribution in [0.15, 0.2) is 0 Å². The van der Waals surface area contributed by atoms with E-state index in [2.05, 4.69) is 10.2 Å². The standard InChI is InChI=1S/C13H22N2O3.ClH/c1-13(12(16)17)4-10(5-13)15-2-3-18-11(8-15)9-6-14-7-9;/h9-11,14H,2-8H2,1H3,(H,16,17);1H. The van der Waals surface area contributed by atoms with E-state index in [1.54, 1.807) is 0 Å². The zero-order chi connectivity index (χ0) is 12.8. The van der Waals surface area contributed by atoms with Crippen molar-refractivity contribution >= 4 is 18.4 Å². The normalized spacial score (nSPS) is 39.8. The Morgan fingerprint density at radius 1 is 1.42 bits per heavy atom. The van der Waals surface area contributed by atoms with Crippen molar-refractivity contribution in [3.63, 3.8) is 0 Å². The van der Waals surface area contributed by atoms with E-state index in [1.807, 2.05) is 6.92 Å². The fourth-order valence-corrected chi connectivity index (χ4v) is 3.30. The number of hydrogen-bond donors (Lipinski definition) is 2. The minimum Gasteiger partial charge on any atom is -0.481 e. The van der Waals surface area contributed by atoms with Crippen LogP contribution in [0.2, 0.25) is 0 Å². The molecule has 0 bridgehead atoms. The Kier molecular flexibility index (Phi) is 4.40. The summed E-state index contributed by atoms with van der Waals surface area (Å²) in [5.74, 6) is 0.00508. The Labute approximate surface area is 120 Å². The number of nitrogens with zero attached hydrogens (tertiary/aromatic N) is 1. The number of carboxylic acid groups (broad SMARTS) is 1. The highest BCUT2D eigenvalue weighted by Gasteiger charge is 2.49. The molecular weight excluding hydrogens is 268 g/mol. The number of halogens is 1. The fraction of sp³-hybridized carbons (Fsp3) is 0.923. The average Bonchev–Trinajstić information content (AvgIpc) is 2.22. The highest BCUT2D eigenvalue weighted by molar-refractivity contribution is 5.85. The van der Waals surface area contributed by atoms with Crippen LogP contribution in [-0.4, -0.2) is 60.9 Å². The third-order valence-corrected chi connectivity index (χ3v) is 4.87. The SMILES string of the molecule is CC1(C(=O)O)CC(N2CCOC(C3CNC3)C2)C1.Cl. The summed E-state index contributed by atoms with van der Waals surface area (Å²) in [4.78, 5) is 13.5. The number of aliphatic carboxylic acids is 1. The van der Waals surface area contributed by atoms with Crippen LogP contribution in [0.1, 0.15) is 19.8 Å². The first kappa shape index (κ1) is 15.0. The van der Waals surface area contributed by atoms with Gasteiger partial charge in [-0.1, -0.05) is 0 Å². The highest BCUT2D eigenvalue weighted by atomic mass is 35.5. The maximum Gasteiger partial charge on any atom is 0.309 e. The monoisotopic (exact) mass is 290 g/mol. The topological polar surface area (TPSA) is 61.8 Å². The molecule has 3 aliphatic rings. The zero-order valence-corrected chi connectivity index (χ0v) is 12.1. The molecule has 3 rings (SSSR count). The second-order valence-electron chi connectivity index (χ2n) is 6.25. The largest absolute Gasteiger partial charge is 0.481 e. The summed E-state index contributed by atoms with van der Waals surface area (Å²) >= 11 is 0. The van der Waals surface area contributed by atoms with E-state index in [1.165, 1.54) is 0 Å². The Bertz CT molecular complexity index is 343. The van der Waals surface area contributed by atoms with Crippen molar-refractivity contribution in [3.05, 3.63) is 0 Å². The lowest BCUT2D eigenvalue weighted by molar-refractivity contribution is -0.161. The Morgan fingerprint density at radius 2 is 2.11 bits per heavy atom. The number of rotatable bonds is 3. The van der Waals surface area contributed by atoms with Gasteiger partial charge in [-0.3, -0.25) is 9.69 Å². The number of ether oxygens (including phenoxy) is 1. The van der Waals surface area contributed by atoms with Gasteiger partial charge in [-0.25, -0.2) is 0 Å². The van der Waals surface area contributed by atoms with Crippen LogP contribution in [0.4, 0.5) is 0 Å². The van der Waals surface area contributed by atoms with Crippen molar-refractivity contribution in [2.45, 2.75) is 31.9 Å². The smallest absolute Gasteiger partial charge is 0.309 e. The van der Waals surface area contributed by atoms with Gasteiger partial charge in [-0.05, 0) is 19.8 Å². The van der Waals surface area contributed by atoms with E-state index >= 15 is 0 Å². The quantitative estimate of drug-likeness (QED) is 0.796. The first-order valence-corrected chi connectivity index (χ1v) is 6.88. The lowest BCUT2D eigenvalue weighted by Crippen LogP contribution is -2.61. The molecule has 2 aliphatic heterocycles. The van der Waals surface area contributed by atoms with Gasteiger partial charge in [0.15, 0.2) is 0 Å². The lowest BCUT2D eigenvalue weighted by atomic mass is 9.66. The van der Waals surface area contributed by atoms with Gasteiger partial charge in [0, 0.05) is 38.1 Å². The van der Waals surface area contributed by atoms with Crippen LogP contribution in [0.25, 0.3) is 0 Å². The van der Waals surface area contributed by atoms with Crippen molar-refractivity contribution in [1.82, 2.24) is 10.2 Å². The third-order valence-electron chi connectivity index (χ3n) is 4.87. The Morgan fingerprint density at radius 3 is 2.63 bits per heavy atom. The molecule has 2 N–H and O–H groups in total. The first-order valence-electron chi connectivity index (χ1n) is 6.88. The molecule has 1 aliphatic carbocycles. The molecule has 110 valence electrons. The molecule has 0 aromatic heterocycles. The highest BCUT2D eigenvalue weighted by Crippen LogP contribution is 2.44. The molecule has 19 heavy (non-hydrogen) atoms. The van der Waals surface area contributed by atoms with Gasteiger partial charge < -0.3 is 15.2 Å². The third kappa shape index (κ3) is 2.75. The number of carbonyl (C=O) groups is 1. The number of hydrogen-bond acceptors (Lipinski definition) is 4. The van der Waals surface area contributed by atoms with Crippen LogP contribution in [0, 0.1) is 11.3 Å².